The fourth-order valence-electron chi connectivity index (χ4n) is 3.38. The average molecular weight is 296 g/mol. The maximum Gasteiger partial charge on any atom is 0.273 e. The quantitative estimate of drug-likeness (QED) is 0.791. The smallest absolute Gasteiger partial charge is 0.273 e. The molecule has 22 heavy (non-hydrogen) atoms. The zero-order valence-corrected chi connectivity index (χ0v) is 13.2. The first-order chi connectivity index (χ1) is 10.8. The fraction of sp³-hybridized carbons (Fsp3) is 0.444. The predicted octanol–water partition coefficient (Wildman–Crippen LogP) is 2.88. The maximum absolute atomic E-state index is 6.12. The Hall–Kier alpha value is -1.94. The lowest BCUT2D eigenvalue weighted by Crippen LogP contribution is -3.08. The van der Waals surface area contributed by atoms with Crippen molar-refractivity contribution in [3.63, 3.8) is 0 Å². The molecule has 1 aliphatic rings. The van der Waals surface area contributed by atoms with Gasteiger partial charge in [-0.2, -0.15) is 4.98 Å². The van der Waals surface area contributed by atoms with Crippen LogP contribution in [0.3, 0.4) is 0 Å². The van der Waals surface area contributed by atoms with Crippen LogP contribution in [-0.2, 0) is 6.42 Å². The van der Waals surface area contributed by atoms with Crippen LogP contribution in [0.2, 0.25) is 0 Å². The number of para-hydroxylation sites is 1. The number of fused-ring (bicyclic) bond motifs is 3. The first kappa shape index (κ1) is 13.7. The number of aromatic nitrogens is 2. The molecule has 1 saturated heterocycles. The zero-order valence-electron chi connectivity index (χ0n) is 13.2. The van der Waals surface area contributed by atoms with Crippen molar-refractivity contribution >= 4 is 27.9 Å². The minimum absolute atomic E-state index is 0.822. The molecule has 4 nitrogen and oxygen atoms in total. The molecule has 114 valence electrons. The van der Waals surface area contributed by atoms with Crippen molar-refractivity contribution in [3.8, 4) is 0 Å². The number of hydrogen-bond acceptors (Lipinski definition) is 3. The molecule has 4 heteroatoms. The van der Waals surface area contributed by atoms with Crippen LogP contribution in [0.25, 0.3) is 22.1 Å². The van der Waals surface area contributed by atoms with Gasteiger partial charge in [0.25, 0.3) is 5.82 Å². The molecule has 0 radical (unpaired) electrons. The van der Waals surface area contributed by atoms with Crippen LogP contribution in [0.5, 0.6) is 0 Å². The van der Waals surface area contributed by atoms with Gasteiger partial charge in [0.1, 0.15) is 16.9 Å². The molecule has 0 unspecified atom stereocenters. The standard InChI is InChI=1S/C18H21N3O/c1-3-15-19-16-13-6-4-5-7-14(13)22-17(16)18(20-15)21-10-8-12(2)9-11-21/h4-7,12H,3,8-11H2,1-2H3/p+1. The SMILES string of the molecule is CCc1nc([NH+]2CCC(C)CC2)c2oc3ccccc3c2n1. The lowest BCUT2D eigenvalue weighted by Gasteiger charge is -2.26. The third kappa shape index (κ3) is 2.18. The van der Waals surface area contributed by atoms with Crippen molar-refractivity contribution in [3.05, 3.63) is 30.1 Å². The third-order valence-corrected chi connectivity index (χ3v) is 4.80. The number of piperidine rings is 1. The monoisotopic (exact) mass is 296 g/mol. The van der Waals surface area contributed by atoms with Gasteiger partial charge in [-0.25, -0.2) is 4.98 Å². The van der Waals surface area contributed by atoms with E-state index in [1.54, 1.807) is 0 Å². The summed E-state index contributed by atoms with van der Waals surface area (Å²) in [5, 5.41) is 1.10. The molecule has 1 aromatic carbocycles. The van der Waals surface area contributed by atoms with Crippen molar-refractivity contribution in [2.75, 3.05) is 13.1 Å². The summed E-state index contributed by atoms with van der Waals surface area (Å²) in [4.78, 5) is 11.0. The lowest BCUT2D eigenvalue weighted by atomic mass is 9.99. The van der Waals surface area contributed by atoms with Crippen LogP contribution >= 0.6 is 0 Å². The second kappa shape index (κ2) is 5.36. The summed E-state index contributed by atoms with van der Waals surface area (Å²) in [7, 11) is 0. The second-order valence-electron chi connectivity index (χ2n) is 6.40. The van der Waals surface area contributed by atoms with E-state index < -0.39 is 0 Å². The van der Waals surface area contributed by atoms with Crippen molar-refractivity contribution in [2.45, 2.75) is 33.1 Å². The van der Waals surface area contributed by atoms with Gasteiger partial charge < -0.3 is 4.42 Å². The summed E-state index contributed by atoms with van der Waals surface area (Å²) in [5.74, 6) is 2.80. The van der Waals surface area contributed by atoms with E-state index in [2.05, 4.69) is 19.9 Å². The molecule has 3 heterocycles. The van der Waals surface area contributed by atoms with Crippen LogP contribution in [0.15, 0.2) is 28.7 Å². The number of hydrogen-bond donors (Lipinski definition) is 1. The van der Waals surface area contributed by atoms with E-state index in [4.69, 9.17) is 14.4 Å². The minimum Gasteiger partial charge on any atom is -0.446 e. The van der Waals surface area contributed by atoms with E-state index in [0.29, 0.717) is 0 Å². The number of nitrogens with one attached hydrogen (secondary N) is 1. The van der Waals surface area contributed by atoms with Crippen molar-refractivity contribution < 1.29 is 9.32 Å². The molecule has 3 aromatic rings. The molecule has 0 atom stereocenters. The van der Waals surface area contributed by atoms with Crippen molar-refractivity contribution in [1.29, 1.82) is 0 Å². The molecule has 0 bridgehead atoms. The second-order valence-corrected chi connectivity index (χ2v) is 6.40. The fourth-order valence-corrected chi connectivity index (χ4v) is 3.38. The van der Waals surface area contributed by atoms with Crippen LogP contribution < -0.4 is 4.90 Å². The normalized spacial score (nSPS) is 22.5. The summed E-state index contributed by atoms with van der Waals surface area (Å²) in [6.45, 7) is 6.72. The van der Waals surface area contributed by atoms with Gasteiger partial charge in [-0.05, 0) is 30.9 Å². The Morgan fingerprint density at radius 1 is 1.18 bits per heavy atom. The van der Waals surface area contributed by atoms with Gasteiger partial charge >= 0.3 is 0 Å². The molecule has 1 aliphatic heterocycles. The Labute approximate surface area is 130 Å². The van der Waals surface area contributed by atoms with Crippen LogP contribution in [-0.4, -0.2) is 23.1 Å². The van der Waals surface area contributed by atoms with E-state index in [1.807, 2.05) is 18.2 Å². The molecule has 2 aromatic heterocycles. The summed E-state index contributed by atoms with van der Waals surface area (Å²) >= 11 is 0. The van der Waals surface area contributed by atoms with Crippen LogP contribution in [0, 0.1) is 5.92 Å². The molecule has 1 N–H and O–H groups in total. The Kier molecular flexibility index (Phi) is 3.34. The molecular weight excluding hydrogens is 274 g/mol. The van der Waals surface area contributed by atoms with Gasteiger partial charge in [0.15, 0.2) is 0 Å². The van der Waals surface area contributed by atoms with Gasteiger partial charge in [0.2, 0.25) is 5.58 Å². The molecule has 4 rings (SSSR count). The van der Waals surface area contributed by atoms with E-state index in [-0.39, 0.29) is 0 Å². The van der Waals surface area contributed by atoms with Crippen LogP contribution in [0.4, 0.5) is 5.82 Å². The van der Waals surface area contributed by atoms with Crippen LogP contribution in [0.1, 0.15) is 32.5 Å². The van der Waals surface area contributed by atoms with E-state index >= 15 is 0 Å². The Bertz CT molecular complexity index is 816. The number of quaternary nitrogens is 1. The summed E-state index contributed by atoms with van der Waals surface area (Å²) in [6.07, 6.45) is 3.36. The van der Waals surface area contributed by atoms with E-state index in [0.717, 1.165) is 59.1 Å². The van der Waals surface area contributed by atoms with Gasteiger partial charge in [0.05, 0.1) is 13.1 Å². The van der Waals surface area contributed by atoms with Crippen molar-refractivity contribution in [1.82, 2.24) is 9.97 Å². The van der Waals surface area contributed by atoms with Gasteiger partial charge in [-0.3, -0.25) is 4.90 Å². The first-order valence-corrected chi connectivity index (χ1v) is 8.29. The number of benzene rings is 1. The molecule has 0 spiro atoms. The van der Waals surface area contributed by atoms with E-state index in [1.165, 1.54) is 17.7 Å². The Morgan fingerprint density at radius 2 is 1.95 bits per heavy atom. The van der Waals surface area contributed by atoms with Crippen molar-refractivity contribution in [2.24, 2.45) is 5.92 Å². The average Bonchev–Trinajstić information content (AvgIpc) is 2.93. The Balaban J connectivity index is 1.92. The molecule has 1 fully saturated rings. The van der Waals surface area contributed by atoms with Gasteiger partial charge in [0, 0.05) is 11.8 Å². The summed E-state index contributed by atoms with van der Waals surface area (Å²) in [5.41, 5.74) is 2.76. The third-order valence-electron chi connectivity index (χ3n) is 4.80. The lowest BCUT2D eigenvalue weighted by molar-refractivity contribution is -0.841. The highest BCUT2D eigenvalue weighted by Gasteiger charge is 2.27. The summed E-state index contributed by atoms with van der Waals surface area (Å²) in [6, 6.07) is 8.15. The molecule has 0 amide bonds. The molecule has 0 aliphatic carbocycles. The first-order valence-electron chi connectivity index (χ1n) is 8.29. The largest absolute Gasteiger partial charge is 0.446 e. The van der Waals surface area contributed by atoms with E-state index in [9.17, 15) is 0 Å². The zero-order chi connectivity index (χ0) is 15.1. The van der Waals surface area contributed by atoms with Gasteiger partial charge in [-0.1, -0.05) is 26.0 Å². The highest BCUT2D eigenvalue weighted by Crippen LogP contribution is 2.30. The highest BCUT2D eigenvalue weighted by molar-refractivity contribution is 6.04. The number of nitrogens with zero attached hydrogens (tertiary/aromatic N) is 2. The predicted molar refractivity (Wildman–Crippen MR) is 87.4 cm³/mol. The number of aryl methyl sites for hydroxylation is 1. The minimum atomic E-state index is 0.822. The Morgan fingerprint density at radius 3 is 2.73 bits per heavy atom. The summed E-state index contributed by atoms with van der Waals surface area (Å²) < 4.78 is 6.12. The maximum atomic E-state index is 6.12. The number of rotatable bonds is 2. The molecule has 0 saturated carbocycles. The number of furan rings is 1. The topological polar surface area (TPSA) is 43.4 Å². The highest BCUT2D eigenvalue weighted by atomic mass is 16.3. The van der Waals surface area contributed by atoms with Gasteiger partial charge in [-0.15, -0.1) is 0 Å². The molecular formula is C18H22N3O+.